The summed E-state index contributed by atoms with van der Waals surface area (Å²) >= 11 is 1.46. The van der Waals surface area contributed by atoms with Gasteiger partial charge in [0, 0.05) is 17.1 Å². The van der Waals surface area contributed by atoms with E-state index in [1.165, 1.54) is 11.3 Å². The van der Waals surface area contributed by atoms with Gasteiger partial charge in [0.25, 0.3) is 10.0 Å². The van der Waals surface area contributed by atoms with Crippen LogP contribution in [-0.2, 0) is 16.6 Å². The first kappa shape index (κ1) is 15.0. The summed E-state index contributed by atoms with van der Waals surface area (Å²) in [5.74, 6) is 0. The number of nitrogens with one attached hydrogen (secondary N) is 2. The lowest BCUT2D eigenvalue weighted by atomic mass is 10.2. The van der Waals surface area contributed by atoms with Gasteiger partial charge in [0.15, 0.2) is 0 Å². The summed E-state index contributed by atoms with van der Waals surface area (Å²) in [5.41, 5.74) is 2.45. The first-order valence-electron chi connectivity index (χ1n) is 6.25. The van der Waals surface area contributed by atoms with E-state index in [1.54, 1.807) is 19.2 Å². The second kappa shape index (κ2) is 5.95. The number of benzene rings is 1. The zero-order valence-corrected chi connectivity index (χ0v) is 13.4. The molecule has 2 N–H and O–H groups in total. The lowest BCUT2D eigenvalue weighted by Gasteiger charge is -2.10. The van der Waals surface area contributed by atoms with Gasteiger partial charge < -0.3 is 5.32 Å². The average molecular weight is 310 g/mol. The highest BCUT2D eigenvalue weighted by Crippen LogP contribution is 2.28. The zero-order valence-electron chi connectivity index (χ0n) is 11.7. The molecular weight excluding hydrogens is 292 g/mol. The van der Waals surface area contributed by atoms with Crippen molar-refractivity contribution in [3.8, 4) is 0 Å². The van der Waals surface area contributed by atoms with E-state index in [1.807, 2.05) is 31.4 Å². The van der Waals surface area contributed by atoms with Crippen molar-refractivity contribution in [2.75, 3.05) is 11.8 Å². The number of hydrogen-bond acceptors (Lipinski definition) is 4. The van der Waals surface area contributed by atoms with E-state index in [0.717, 1.165) is 16.0 Å². The van der Waals surface area contributed by atoms with Gasteiger partial charge in [-0.1, -0.05) is 17.7 Å². The van der Waals surface area contributed by atoms with Gasteiger partial charge in [-0.05, 0) is 44.0 Å². The largest absolute Gasteiger partial charge is 0.315 e. The summed E-state index contributed by atoms with van der Waals surface area (Å²) < 4.78 is 27.7. The molecule has 4 nitrogen and oxygen atoms in total. The highest BCUT2D eigenvalue weighted by Gasteiger charge is 2.22. The van der Waals surface area contributed by atoms with Gasteiger partial charge in [-0.15, -0.1) is 11.3 Å². The zero-order chi connectivity index (χ0) is 14.8. The predicted molar refractivity (Wildman–Crippen MR) is 83.8 cm³/mol. The van der Waals surface area contributed by atoms with Crippen LogP contribution in [0.15, 0.2) is 34.5 Å². The number of anilines is 1. The van der Waals surface area contributed by atoms with Crippen LogP contribution < -0.4 is 10.0 Å². The molecule has 0 amide bonds. The second-order valence-corrected chi connectivity index (χ2v) is 7.26. The van der Waals surface area contributed by atoms with Crippen molar-refractivity contribution in [3.05, 3.63) is 45.6 Å². The summed E-state index contributed by atoms with van der Waals surface area (Å²) in [5, 5.41) is 4.87. The van der Waals surface area contributed by atoms with Crippen LogP contribution in [0.5, 0.6) is 0 Å². The van der Waals surface area contributed by atoms with Crippen molar-refractivity contribution < 1.29 is 8.42 Å². The highest BCUT2D eigenvalue weighted by molar-refractivity contribution is 7.93. The quantitative estimate of drug-likeness (QED) is 0.893. The maximum absolute atomic E-state index is 12.5. The van der Waals surface area contributed by atoms with E-state index in [4.69, 9.17) is 0 Å². The fourth-order valence-electron chi connectivity index (χ4n) is 1.96. The summed E-state index contributed by atoms with van der Waals surface area (Å²) in [7, 11) is -1.74. The smallest absolute Gasteiger partial charge is 0.263 e. The van der Waals surface area contributed by atoms with E-state index in [2.05, 4.69) is 10.0 Å². The SMILES string of the molecule is CNCc1scc(C)c1S(=O)(=O)Nc1ccc(C)cc1. The van der Waals surface area contributed by atoms with E-state index < -0.39 is 10.0 Å². The molecule has 0 fully saturated rings. The fraction of sp³-hybridized carbons (Fsp3) is 0.286. The molecule has 0 spiro atoms. The van der Waals surface area contributed by atoms with Crippen molar-refractivity contribution in [1.29, 1.82) is 0 Å². The number of sulfonamides is 1. The van der Waals surface area contributed by atoms with Crippen molar-refractivity contribution in [3.63, 3.8) is 0 Å². The van der Waals surface area contributed by atoms with Crippen LogP contribution >= 0.6 is 11.3 Å². The molecule has 1 aromatic carbocycles. The standard InChI is InChI=1S/C14H18N2O2S2/c1-10-4-6-12(7-5-10)16-20(17,18)14-11(2)9-19-13(14)8-15-3/h4-7,9,15-16H,8H2,1-3H3. The van der Waals surface area contributed by atoms with Gasteiger partial charge in [0.2, 0.25) is 0 Å². The minimum atomic E-state index is -3.55. The Labute approximate surface area is 123 Å². The molecule has 2 aromatic rings. The Hall–Kier alpha value is -1.37. The van der Waals surface area contributed by atoms with Crippen LogP contribution in [0, 0.1) is 13.8 Å². The molecule has 0 radical (unpaired) electrons. The normalized spacial score (nSPS) is 11.6. The molecule has 1 heterocycles. The van der Waals surface area contributed by atoms with Crippen molar-refractivity contribution >= 4 is 27.0 Å². The molecule has 0 aliphatic heterocycles. The molecule has 1 aromatic heterocycles. The third kappa shape index (κ3) is 3.20. The van der Waals surface area contributed by atoms with Crippen molar-refractivity contribution in [2.45, 2.75) is 25.3 Å². The monoisotopic (exact) mass is 310 g/mol. The number of thiophene rings is 1. The van der Waals surface area contributed by atoms with E-state index in [9.17, 15) is 8.42 Å². The molecule has 0 bridgehead atoms. The van der Waals surface area contributed by atoms with E-state index in [-0.39, 0.29) is 0 Å². The van der Waals surface area contributed by atoms with Gasteiger partial charge in [0.05, 0.1) is 0 Å². The van der Waals surface area contributed by atoms with Crippen LogP contribution in [0.3, 0.4) is 0 Å². The number of hydrogen-bond donors (Lipinski definition) is 2. The molecule has 0 aliphatic carbocycles. The van der Waals surface area contributed by atoms with Gasteiger partial charge in [-0.3, -0.25) is 4.72 Å². The molecule has 0 atom stereocenters. The molecule has 0 unspecified atom stereocenters. The minimum Gasteiger partial charge on any atom is -0.315 e. The molecule has 108 valence electrons. The molecule has 6 heteroatoms. The van der Waals surface area contributed by atoms with Gasteiger partial charge in [0.1, 0.15) is 4.90 Å². The van der Waals surface area contributed by atoms with Crippen molar-refractivity contribution in [2.24, 2.45) is 0 Å². The topological polar surface area (TPSA) is 58.2 Å². The Bertz CT molecular complexity index is 688. The van der Waals surface area contributed by atoms with Crippen molar-refractivity contribution in [1.82, 2.24) is 5.32 Å². The lowest BCUT2D eigenvalue weighted by Crippen LogP contribution is -2.16. The predicted octanol–water partition coefficient (Wildman–Crippen LogP) is 2.89. The highest BCUT2D eigenvalue weighted by atomic mass is 32.2. The summed E-state index contributed by atoms with van der Waals surface area (Å²) in [6, 6.07) is 7.30. The molecule has 20 heavy (non-hydrogen) atoms. The van der Waals surface area contributed by atoms with Crippen LogP contribution in [0.1, 0.15) is 16.0 Å². The van der Waals surface area contributed by atoms with E-state index >= 15 is 0 Å². The third-order valence-electron chi connectivity index (χ3n) is 2.90. The van der Waals surface area contributed by atoms with Crippen LogP contribution in [-0.4, -0.2) is 15.5 Å². The third-order valence-corrected chi connectivity index (χ3v) is 5.74. The second-order valence-electron chi connectivity index (χ2n) is 4.67. The number of rotatable bonds is 5. The Kier molecular flexibility index (Phi) is 4.47. The van der Waals surface area contributed by atoms with Crippen LogP contribution in [0.25, 0.3) is 0 Å². The molecular formula is C14H18N2O2S2. The Morgan fingerprint density at radius 3 is 2.40 bits per heavy atom. The molecule has 0 saturated carbocycles. The molecule has 0 saturated heterocycles. The van der Waals surface area contributed by atoms with Gasteiger partial charge in [-0.2, -0.15) is 0 Å². The Balaban J connectivity index is 2.35. The van der Waals surface area contributed by atoms with Crippen LogP contribution in [0.2, 0.25) is 0 Å². The maximum Gasteiger partial charge on any atom is 0.263 e. The Morgan fingerprint density at radius 2 is 1.80 bits per heavy atom. The summed E-state index contributed by atoms with van der Waals surface area (Å²) in [6.45, 7) is 4.33. The molecule has 0 aliphatic rings. The first-order chi connectivity index (χ1) is 9.44. The summed E-state index contributed by atoms with van der Waals surface area (Å²) in [4.78, 5) is 1.21. The Morgan fingerprint density at radius 1 is 1.15 bits per heavy atom. The van der Waals surface area contributed by atoms with E-state index in [0.29, 0.717) is 17.1 Å². The first-order valence-corrected chi connectivity index (χ1v) is 8.61. The maximum atomic E-state index is 12.5. The average Bonchev–Trinajstić information content (AvgIpc) is 2.74. The lowest BCUT2D eigenvalue weighted by molar-refractivity contribution is 0.599. The van der Waals surface area contributed by atoms with Crippen LogP contribution in [0.4, 0.5) is 5.69 Å². The molecule has 2 rings (SSSR count). The van der Waals surface area contributed by atoms with Gasteiger partial charge in [-0.25, -0.2) is 8.42 Å². The minimum absolute atomic E-state index is 0.387. The number of aryl methyl sites for hydroxylation is 2. The summed E-state index contributed by atoms with van der Waals surface area (Å²) in [6.07, 6.45) is 0. The fourth-order valence-corrected chi connectivity index (χ4v) is 4.84. The van der Waals surface area contributed by atoms with Gasteiger partial charge >= 0.3 is 0 Å².